The van der Waals surface area contributed by atoms with Gasteiger partial charge in [-0.15, -0.1) is 0 Å². The maximum atomic E-state index is 8.96. The molecule has 0 aliphatic carbocycles. The second-order valence-corrected chi connectivity index (χ2v) is 5.98. The molecule has 24 heavy (non-hydrogen) atoms. The standard InChI is InChI=1S/C20H24N2O2/c1-24-17-11-9-16(10-12-17)15-20-21-18-7-3-4-8-19(18)22(20)13-5-2-6-14-23/h3-4,7-12,23H,2,5-6,13-15H2,1H3. The summed E-state index contributed by atoms with van der Waals surface area (Å²) < 4.78 is 7.54. The van der Waals surface area contributed by atoms with Crippen LogP contribution >= 0.6 is 0 Å². The summed E-state index contributed by atoms with van der Waals surface area (Å²) in [6, 6.07) is 16.5. The predicted molar refractivity (Wildman–Crippen MR) is 96.5 cm³/mol. The lowest BCUT2D eigenvalue weighted by Gasteiger charge is -2.09. The van der Waals surface area contributed by atoms with E-state index in [1.165, 1.54) is 11.1 Å². The Bertz CT molecular complexity index is 778. The Hall–Kier alpha value is -2.33. The minimum Gasteiger partial charge on any atom is -0.497 e. The largest absolute Gasteiger partial charge is 0.497 e. The van der Waals surface area contributed by atoms with Crippen LogP contribution in [0.4, 0.5) is 0 Å². The second kappa shape index (κ2) is 7.97. The van der Waals surface area contributed by atoms with Crippen LogP contribution in [0.3, 0.4) is 0 Å². The van der Waals surface area contributed by atoms with E-state index in [2.05, 4.69) is 34.9 Å². The van der Waals surface area contributed by atoms with Gasteiger partial charge in [-0.3, -0.25) is 0 Å². The highest BCUT2D eigenvalue weighted by atomic mass is 16.5. The van der Waals surface area contributed by atoms with Crippen molar-refractivity contribution in [1.29, 1.82) is 0 Å². The number of aromatic nitrogens is 2. The van der Waals surface area contributed by atoms with Crippen LogP contribution in [0.2, 0.25) is 0 Å². The molecule has 4 heteroatoms. The van der Waals surface area contributed by atoms with Crippen molar-refractivity contribution < 1.29 is 9.84 Å². The van der Waals surface area contributed by atoms with Crippen LogP contribution in [0, 0.1) is 0 Å². The number of methoxy groups -OCH3 is 1. The average Bonchev–Trinajstić information content (AvgIpc) is 2.97. The predicted octanol–water partition coefficient (Wildman–Crippen LogP) is 3.80. The van der Waals surface area contributed by atoms with E-state index in [0.29, 0.717) is 0 Å². The maximum Gasteiger partial charge on any atom is 0.118 e. The van der Waals surface area contributed by atoms with Crippen LogP contribution in [0.1, 0.15) is 30.7 Å². The summed E-state index contributed by atoms with van der Waals surface area (Å²) in [6.07, 6.45) is 3.75. The number of rotatable bonds is 8. The Morgan fingerprint density at radius 1 is 1.00 bits per heavy atom. The number of hydrogen-bond acceptors (Lipinski definition) is 3. The van der Waals surface area contributed by atoms with Crippen LogP contribution in [0.25, 0.3) is 11.0 Å². The molecule has 1 aromatic heterocycles. The van der Waals surface area contributed by atoms with Gasteiger partial charge >= 0.3 is 0 Å². The molecule has 2 aromatic carbocycles. The summed E-state index contributed by atoms with van der Waals surface area (Å²) in [5, 5.41) is 8.96. The Labute approximate surface area is 142 Å². The molecule has 0 saturated carbocycles. The van der Waals surface area contributed by atoms with Crippen molar-refractivity contribution in [3.05, 3.63) is 59.9 Å². The number of aliphatic hydroxyl groups is 1. The third kappa shape index (κ3) is 3.77. The molecule has 4 nitrogen and oxygen atoms in total. The number of benzene rings is 2. The minimum absolute atomic E-state index is 0.267. The van der Waals surface area contributed by atoms with Crippen molar-refractivity contribution in [2.75, 3.05) is 13.7 Å². The molecule has 0 radical (unpaired) electrons. The molecule has 0 saturated heterocycles. The van der Waals surface area contributed by atoms with Crippen LogP contribution < -0.4 is 4.74 Å². The fourth-order valence-corrected chi connectivity index (χ4v) is 2.99. The van der Waals surface area contributed by atoms with Gasteiger partial charge in [0, 0.05) is 19.6 Å². The number of unbranched alkanes of at least 4 members (excludes halogenated alkanes) is 2. The first-order valence-corrected chi connectivity index (χ1v) is 8.50. The molecule has 126 valence electrons. The van der Waals surface area contributed by atoms with E-state index in [4.69, 9.17) is 14.8 Å². The quantitative estimate of drug-likeness (QED) is 0.641. The fourth-order valence-electron chi connectivity index (χ4n) is 2.99. The fraction of sp³-hybridized carbons (Fsp3) is 0.350. The van der Waals surface area contributed by atoms with Gasteiger partial charge in [-0.25, -0.2) is 4.98 Å². The number of para-hydroxylation sites is 2. The molecule has 1 heterocycles. The van der Waals surface area contributed by atoms with Crippen LogP contribution in [-0.4, -0.2) is 28.4 Å². The number of fused-ring (bicyclic) bond motifs is 1. The monoisotopic (exact) mass is 324 g/mol. The second-order valence-electron chi connectivity index (χ2n) is 5.98. The van der Waals surface area contributed by atoms with Crippen molar-refractivity contribution in [2.24, 2.45) is 0 Å². The normalized spacial score (nSPS) is 11.1. The average molecular weight is 324 g/mol. The summed E-state index contributed by atoms with van der Waals surface area (Å²) in [6.45, 7) is 1.20. The molecule has 0 unspecified atom stereocenters. The highest BCUT2D eigenvalue weighted by Crippen LogP contribution is 2.20. The van der Waals surface area contributed by atoms with Gasteiger partial charge < -0.3 is 14.4 Å². The zero-order valence-corrected chi connectivity index (χ0v) is 14.1. The molecule has 0 aliphatic heterocycles. The number of ether oxygens (including phenoxy) is 1. The van der Waals surface area contributed by atoms with Crippen LogP contribution in [-0.2, 0) is 13.0 Å². The van der Waals surface area contributed by atoms with E-state index < -0.39 is 0 Å². The molecule has 0 bridgehead atoms. The zero-order chi connectivity index (χ0) is 16.8. The first-order valence-electron chi connectivity index (χ1n) is 8.50. The molecule has 0 spiro atoms. The molecule has 1 N–H and O–H groups in total. The van der Waals surface area contributed by atoms with E-state index >= 15 is 0 Å². The Morgan fingerprint density at radius 3 is 2.54 bits per heavy atom. The van der Waals surface area contributed by atoms with Gasteiger partial charge in [0.2, 0.25) is 0 Å². The van der Waals surface area contributed by atoms with Crippen molar-refractivity contribution in [1.82, 2.24) is 9.55 Å². The molecular weight excluding hydrogens is 300 g/mol. The smallest absolute Gasteiger partial charge is 0.118 e. The van der Waals surface area contributed by atoms with Gasteiger partial charge in [0.05, 0.1) is 18.1 Å². The summed E-state index contributed by atoms with van der Waals surface area (Å²) in [4.78, 5) is 4.83. The van der Waals surface area contributed by atoms with Gasteiger partial charge in [0.1, 0.15) is 11.6 Å². The summed E-state index contributed by atoms with van der Waals surface area (Å²) in [7, 11) is 1.68. The Morgan fingerprint density at radius 2 is 1.79 bits per heavy atom. The summed E-state index contributed by atoms with van der Waals surface area (Å²) >= 11 is 0. The third-order valence-corrected chi connectivity index (χ3v) is 4.29. The highest BCUT2D eigenvalue weighted by Gasteiger charge is 2.11. The number of imidazole rings is 1. The number of hydrogen-bond donors (Lipinski definition) is 1. The van der Waals surface area contributed by atoms with E-state index in [-0.39, 0.29) is 6.61 Å². The van der Waals surface area contributed by atoms with Crippen molar-refractivity contribution in [2.45, 2.75) is 32.2 Å². The molecule has 0 fully saturated rings. The van der Waals surface area contributed by atoms with Gasteiger partial charge in [0.15, 0.2) is 0 Å². The maximum absolute atomic E-state index is 8.96. The first kappa shape index (κ1) is 16.5. The third-order valence-electron chi connectivity index (χ3n) is 4.29. The molecule has 0 aliphatic rings. The Balaban J connectivity index is 1.84. The lowest BCUT2D eigenvalue weighted by atomic mass is 10.1. The van der Waals surface area contributed by atoms with Crippen molar-refractivity contribution in [3.63, 3.8) is 0 Å². The van der Waals surface area contributed by atoms with Gasteiger partial charge in [0.25, 0.3) is 0 Å². The summed E-state index contributed by atoms with van der Waals surface area (Å²) in [5.74, 6) is 1.96. The molecular formula is C20H24N2O2. The molecule has 3 rings (SSSR count). The van der Waals surface area contributed by atoms with E-state index in [9.17, 15) is 0 Å². The molecule has 0 amide bonds. The zero-order valence-electron chi connectivity index (χ0n) is 14.1. The first-order chi connectivity index (χ1) is 11.8. The lowest BCUT2D eigenvalue weighted by Crippen LogP contribution is -2.05. The molecule has 3 aromatic rings. The van der Waals surface area contributed by atoms with E-state index in [0.717, 1.165) is 49.3 Å². The number of aliphatic hydroxyl groups excluding tert-OH is 1. The highest BCUT2D eigenvalue weighted by molar-refractivity contribution is 5.76. The van der Waals surface area contributed by atoms with E-state index in [1.54, 1.807) is 7.11 Å². The van der Waals surface area contributed by atoms with Crippen molar-refractivity contribution in [3.8, 4) is 5.75 Å². The van der Waals surface area contributed by atoms with Crippen LogP contribution in [0.5, 0.6) is 5.75 Å². The number of nitrogens with zero attached hydrogens (tertiary/aromatic N) is 2. The van der Waals surface area contributed by atoms with Crippen LogP contribution in [0.15, 0.2) is 48.5 Å². The van der Waals surface area contributed by atoms with E-state index in [1.807, 2.05) is 18.2 Å². The SMILES string of the molecule is COc1ccc(Cc2nc3ccccc3n2CCCCCO)cc1. The summed E-state index contributed by atoms with van der Waals surface area (Å²) in [5.41, 5.74) is 3.45. The lowest BCUT2D eigenvalue weighted by molar-refractivity contribution is 0.282. The molecule has 0 atom stereocenters. The minimum atomic E-state index is 0.267. The van der Waals surface area contributed by atoms with Crippen molar-refractivity contribution >= 4 is 11.0 Å². The number of aryl methyl sites for hydroxylation is 1. The Kier molecular flexibility index (Phi) is 5.49. The van der Waals surface area contributed by atoms with Gasteiger partial charge in [-0.2, -0.15) is 0 Å². The topological polar surface area (TPSA) is 47.3 Å². The van der Waals surface area contributed by atoms with Gasteiger partial charge in [-0.05, 0) is 49.1 Å². The van der Waals surface area contributed by atoms with Gasteiger partial charge in [-0.1, -0.05) is 24.3 Å².